The molecule has 3 rings (SSSR count). The summed E-state index contributed by atoms with van der Waals surface area (Å²) in [6.07, 6.45) is -0.221. The normalized spacial score (nSPS) is 14.1. The number of hydrogen-bond donors (Lipinski definition) is 2. The number of sulfonamides is 1. The molecule has 0 aromatic heterocycles. The third kappa shape index (κ3) is 7.20. The molecular weight excluding hydrogens is 458 g/mol. The molecule has 9 nitrogen and oxygen atoms in total. The van der Waals surface area contributed by atoms with Crippen molar-refractivity contribution < 1.29 is 27.5 Å². The molecule has 172 valence electrons. The highest BCUT2D eigenvalue weighted by molar-refractivity contribution is 7.89. The number of ether oxygens (including phenoxy) is 2. The first-order chi connectivity index (χ1) is 15.3. The van der Waals surface area contributed by atoms with E-state index in [4.69, 9.17) is 21.1 Å². The standard InChI is InChI=1S/C21H24ClN3O6S/c22-16-2-1-3-19(14-16)32(28,29)23-9-8-21(27)31-15-20(26)24-17-4-6-18(7-5-17)25-10-12-30-13-11-25/h1-7,14,23H,8-13,15H2,(H,24,26). The van der Waals surface area contributed by atoms with Crippen LogP contribution in [0.15, 0.2) is 53.4 Å². The molecule has 2 aromatic carbocycles. The number of nitrogens with zero attached hydrogens (tertiary/aromatic N) is 1. The lowest BCUT2D eigenvalue weighted by Crippen LogP contribution is -2.36. The summed E-state index contributed by atoms with van der Waals surface area (Å²) in [5.41, 5.74) is 1.62. The van der Waals surface area contributed by atoms with Crippen molar-refractivity contribution in [3.05, 3.63) is 53.6 Å². The molecule has 1 aliphatic rings. The van der Waals surface area contributed by atoms with Gasteiger partial charge in [0.1, 0.15) is 0 Å². The molecule has 0 unspecified atom stereocenters. The number of nitrogens with one attached hydrogen (secondary N) is 2. The Labute approximate surface area is 191 Å². The minimum absolute atomic E-state index is 0.00242. The van der Waals surface area contributed by atoms with Gasteiger partial charge >= 0.3 is 5.97 Å². The molecule has 2 N–H and O–H groups in total. The second-order valence-electron chi connectivity index (χ2n) is 6.96. The van der Waals surface area contributed by atoms with Crippen molar-refractivity contribution in [2.75, 3.05) is 49.7 Å². The van der Waals surface area contributed by atoms with E-state index in [1.807, 2.05) is 12.1 Å². The van der Waals surface area contributed by atoms with Crippen LogP contribution in [0.2, 0.25) is 5.02 Å². The largest absolute Gasteiger partial charge is 0.456 e. The molecule has 0 atom stereocenters. The molecule has 32 heavy (non-hydrogen) atoms. The van der Waals surface area contributed by atoms with Crippen LogP contribution in [0.3, 0.4) is 0 Å². The van der Waals surface area contributed by atoms with Gasteiger partial charge in [0.15, 0.2) is 6.61 Å². The Balaban J connectivity index is 1.37. The fourth-order valence-corrected chi connectivity index (χ4v) is 4.33. The first kappa shape index (κ1) is 24.0. The van der Waals surface area contributed by atoms with Gasteiger partial charge in [0.2, 0.25) is 10.0 Å². The van der Waals surface area contributed by atoms with E-state index < -0.39 is 28.5 Å². The molecule has 0 bridgehead atoms. The molecule has 1 heterocycles. The number of halogens is 1. The Morgan fingerprint density at radius 2 is 1.81 bits per heavy atom. The number of benzene rings is 2. The second-order valence-corrected chi connectivity index (χ2v) is 9.16. The van der Waals surface area contributed by atoms with E-state index >= 15 is 0 Å². The van der Waals surface area contributed by atoms with Crippen molar-refractivity contribution >= 4 is 44.9 Å². The summed E-state index contributed by atoms with van der Waals surface area (Å²) >= 11 is 5.80. The van der Waals surface area contributed by atoms with E-state index in [1.54, 1.807) is 18.2 Å². The Kier molecular flexibility index (Phi) is 8.46. The van der Waals surface area contributed by atoms with Crippen LogP contribution in [-0.4, -0.2) is 59.7 Å². The minimum atomic E-state index is -3.79. The van der Waals surface area contributed by atoms with Crippen molar-refractivity contribution in [3.8, 4) is 0 Å². The van der Waals surface area contributed by atoms with Crippen LogP contribution in [0.25, 0.3) is 0 Å². The summed E-state index contributed by atoms with van der Waals surface area (Å²) in [6.45, 7) is 2.37. The SMILES string of the molecule is O=C(COC(=O)CCNS(=O)(=O)c1cccc(Cl)c1)Nc1ccc(N2CCOCC2)cc1. The van der Waals surface area contributed by atoms with Crippen LogP contribution >= 0.6 is 11.6 Å². The Morgan fingerprint density at radius 1 is 1.09 bits per heavy atom. The smallest absolute Gasteiger partial charge is 0.307 e. The van der Waals surface area contributed by atoms with Gasteiger partial charge in [-0.15, -0.1) is 0 Å². The number of carbonyl (C=O) groups excluding carboxylic acids is 2. The van der Waals surface area contributed by atoms with Gasteiger partial charge < -0.3 is 19.7 Å². The Hall–Kier alpha value is -2.66. The molecular formula is C21H24ClN3O6S. The number of anilines is 2. The van der Waals surface area contributed by atoms with Crippen LogP contribution in [0.5, 0.6) is 0 Å². The van der Waals surface area contributed by atoms with Crippen molar-refractivity contribution in [2.24, 2.45) is 0 Å². The fourth-order valence-electron chi connectivity index (χ4n) is 3.00. The van der Waals surface area contributed by atoms with Crippen molar-refractivity contribution in [2.45, 2.75) is 11.3 Å². The third-order valence-electron chi connectivity index (χ3n) is 4.62. The summed E-state index contributed by atoms with van der Waals surface area (Å²) in [5, 5.41) is 2.94. The molecule has 1 saturated heterocycles. The lowest BCUT2D eigenvalue weighted by Gasteiger charge is -2.28. The molecule has 0 aliphatic carbocycles. The fraction of sp³-hybridized carbons (Fsp3) is 0.333. The van der Waals surface area contributed by atoms with Gasteiger partial charge in [0.05, 0.1) is 24.5 Å². The quantitative estimate of drug-likeness (QED) is 0.527. The van der Waals surface area contributed by atoms with Crippen molar-refractivity contribution in [1.82, 2.24) is 4.72 Å². The van der Waals surface area contributed by atoms with Gasteiger partial charge in [0, 0.05) is 36.0 Å². The molecule has 2 aromatic rings. The summed E-state index contributed by atoms with van der Waals surface area (Å²) in [5.74, 6) is -1.19. The van der Waals surface area contributed by atoms with Gasteiger partial charge in [-0.25, -0.2) is 13.1 Å². The lowest BCUT2D eigenvalue weighted by molar-refractivity contribution is -0.147. The number of morpholine rings is 1. The maximum atomic E-state index is 12.2. The van der Waals surface area contributed by atoms with Crippen LogP contribution in [0.1, 0.15) is 6.42 Å². The summed E-state index contributed by atoms with van der Waals surface area (Å²) < 4.78 is 36.9. The highest BCUT2D eigenvalue weighted by Crippen LogP contribution is 2.19. The number of hydrogen-bond acceptors (Lipinski definition) is 7. The number of carbonyl (C=O) groups is 2. The molecule has 0 radical (unpaired) electrons. The molecule has 0 saturated carbocycles. The predicted octanol–water partition coefficient (Wildman–Crippen LogP) is 2.03. The highest BCUT2D eigenvalue weighted by atomic mass is 35.5. The van der Waals surface area contributed by atoms with Crippen LogP contribution < -0.4 is 14.9 Å². The van der Waals surface area contributed by atoms with E-state index in [2.05, 4.69) is 14.9 Å². The number of esters is 1. The first-order valence-corrected chi connectivity index (χ1v) is 11.8. The summed E-state index contributed by atoms with van der Waals surface area (Å²) in [6, 6.07) is 13.1. The molecule has 1 aliphatic heterocycles. The van der Waals surface area contributed by atoms with Crippen LogP contribution in [0.4, 0.5) is 11.4 Å². The van der Waals surface area contributed by atoms with E-state index in [0.717, 1.165) is 18.8 Å². The van der Waals surface area contributed by atoms with Gasteiger partial charge in [0.25, 0.3) is 5.91 Å². The summed E-state index contributed by atoms with van der Waals surface area (Å²) in [4.78, 5) is 26.0. The third-order valence-corrected chi connectivity index (χ3v) is 6.31. The predicted molar refractivity (Wildman–Crippen MR) is 120 cm³/mol. The van der Waals surface area contributed by atoms with Crippen LogP contribution in [0, 0.1) is 0 Å². The average Bonchev–Trinajstić information content (AvgIpc) is 2.79. The van der Waals surface area contributed by atoms with Crippen LogP contribution in [-0.2, 0) is 29.1 Å². The lowest BCUT2D eigenvalue weighted by atomic mass is 10.2. The van der Waals surface area contributed by atoms with Gasteiger partial charge in [-0.1, -0.05) is 17.7 Å². The average molecular weight is 482 g/mol. The summed E-state index contributed by atoms with van der Waals surface area (Å²) in [7, 11) is -3.79. The Bertz CT molecular complexity index is 1040. The van der Waals surface area contributed by atoms with E-state index in [-0.39, 0.29) is 22.9 Å². The van der Waals surface area contributed by atoms with E-state index in [0.29, 0.717) is 18.9 Å². The topological polar surface area (TPSA) is 114 Å². The Morgan fingerprint density at radius 3 is 2.50 bits per heavy atom. The molecule has 1 amide bonds. The first-order valence-electron chi connectivity index (χ1n) is 9.97. The van der Waals surface area contributed by atoms with Crippen molar-refractivity contribution in [1.29, 1.82) is 0 Å². The van der Waals surface area contributed by atoms with E-state index in [9.17, 15) is 18.0 Å². The van der Waals surface area contributed by atoms with Gasteiger partial charge in [-0.05, 0) is 42.5 Å². The molecule has 11 heteroatoms. The van der Waals surface area contributed by atoms with E-state index in [1.165, 1.54) is 18.2 Å². The number of amides is 1. The zero-order valence-corrected chi connectivity index (χ0v) is 18.8. The molecule has 1 fully saturated rings. The van der Waals surface area contributed by atoms with Gasteiger partial charge in [-0.2, -0.15) is 0 Å². The minimum Gasteiger partial charge on any atom is -0.456 e. The monoisotopic (exact) mass is 481 g/mol. The second kappa shape index (κ2) is 11.3. The number of rotatable bonds is 9. The zero-order chi connectivity index (χ0) is 23.0. The maximum Gasteiger partial charge on any atom is 0.307 e. The van der Waals surface area contributed by atoms with Crippen molar-refractivity contribution in [3.63, 3.8) is 0 Å². The van der Waals surface area contributed by atoms with Gasteiger partial charge in [-0.3, -0.25) is 9.59 Å². The highest BCUT2D eigenvalue weighted by Gasteiger charge is 2.16. The maximum absolute atomic E-state index is 12.2. The zero-order valence-electron chi connectivity index (χ0n) is 17.3. The molecule has 0 spiro atoms.